The zero-order chi connectivity index (χ0) is 14.6. The van der Waals surface area contributed by atoms with Crippen molar-refractivity contribution in [2.24, 2.45) is 0 Å². The van der Waals surface area contributed by atoms with Gasteiger partial charge in [-0.05, 0) is 38.3 Å². The van der Waals surface area contributed by atoms with Crippen LogP contribution >= 0.6 is 23.1 Å². The highest BCUT2D eigenvalue weighted by Crippen LogP contribution is 2.25. The third-order valence-corrected chi connectivity index (χ3v) is 6.01. The third kappa shape index (κ3) is 4.48. The van der Waals surface area contributed by atoms with E-state index in [0.29, 0.717) is 4.88 Å². The van der Waals surface area contributed by atoms with Gasteiger partial charge in [0.2, 0.25) is 10.0 Å². The third-order valence-electron chi connectivity index (χ3n) is 2.48. The van der Waals surface area contributed by atoms with Crippen molar-refractivity contribution in [2.75, 3.05) is 12.0 Å². The predicted octanol–water partition coefficient (Wildman–Crippen LogP) is 2.17. The summed E-state index contributed by atoms with van der Waals surface area (Å²) in [4.78, 5) is 11.4. The molecule has 1 rings (SSSR count). The molecule has 0 fully saturated rings. The average Bonchev–Trinajstić information content (AvgIpc) is 2.69. The van der Waals surface area contributed by atoms with Crippen LogP contribution in [-0.2, 0) is 10.0 Å². The number of hydrogen-bond acceptors (Lipinski definition) is 5. The molecule has 0 aliphatic carbocycles. The molecule has 0 radical (unpaired) electrons. The predicted molar refractivity (Wildman–Crippen MR) is 78.8 cm³/mol. The minimum Gasteiger partial charge on any atom is -0.477 e. The molecule has 1 atom stereocenters. The number of aromatic carboxylic acids is 1. The van der Waals surface area contributed by atoms with Crippen molar-refractivity contribution in [1.82, 2.24) is 4.72 Å². The fraction of sp³-hybridized carbons (Fsp3) is 0.545. The van der Waals surface area contributed by atoms with Crippen molar-refractivity contribution in [3.8, 4) is 0 Å². The van der Waals surface area contributed by atoms with Gasteiger partial charge in [0, 0.05) is 10.9 Å². The number of thiophene rings is 1. The van der Waals surface area contributed by atoms with E-state index in [1.54, 1.807) is 25.6 Å². The number of thioether (sulfide) groups is 1. The second kappa shape index (κ2) is 6.74. The van der Waals surface area contributed by atoms with Crippen LogP contribution in [0.5, 0.6) is 0 Å². The van der Waals surface area contributed by atoms with Crippen LogP contribution in [0.15, 0.2) is 11.0 Å². The highest BCUT2D eigenvalue weighted by Gasteiger charge is 2.23. The van der Waals surface area contributed by atoms with Gasteiger partial charge in [-0.3, -0.25) is 0 Å². The Kier molecular flexibility index (Phi) is 5.84. The van der Waals surface area contributed by atoms with Gasteiger partial charge in [0.1, 0.15) is 4.88 Å². The summed E-state index contributed by atoms with van der Waals surface area (Å²) in [5, 5.41) is 8.88. The Balaban J connectivity index is 2.91. The summed E-state index contributed by atoms with van der Waals surface area (Å²) in [7, 11) is -3.65. The van der Waals surface area contributed by atoms with Gasteiger partial charge in [-0.25, -0.2) is 17.9 Å². The van der Waals surface area contributed by atoms with E-state index in [-0.39, 0.29) is 15.8 Å². The van der Waals surface area contributed by atoms with Gasteiger partial charge in [0.05, 0.1) is 4.90 Å². The first-order valence-electron chi connectivity index (χ1n) is 5.63. The van der Waals surface area contributed by atoms with E-state index in [4.69, 9.17) is 5.11 Å². The van der Waals surface area contributed by atoms with Crippen LogP contribution in [0, 0.1) is 6.92 Å². The molecule has 1 heterocycles. The highest BCUT2D eigenvalue weighted by molar-refractivity contribution is 7.98. The molecule has 8 heteroatoms. The minimum atomic E-state index is -3.65. The number of nitrogens with one attached hydrogen (secondary N) is 1. The first-order chi connectivity index (χ1) is 8.77. The standard InChI is InChI=1S/C11H17NO4S3/c1-7(4-5-17-3)12-19(15,16)10-6-9(11(13)14)18-8(10)2/h6-7,12H,4-5H2,1-3H3,(H,13,14). The fourth-order valence-corrected chi connectivity index (χ4v) is 4.82. The smallest absolute Gasteiger partial charge is 0.345 e. The van der Waals surface area contributed by atoms with Crippen molar-refractivity contribution in [1.29, 1.82) is 0 Å². The summed E-state index contributed by atoms with van der Waals surface area (Å²) >= 11 is 2.62. The van der Waals surface area contributed by atoms with E-state index >= 15 is 0 Å². The lowest BCUT2D eigenvalue weighted by molar-refractivity contribution is 0.0702. The molecule has 2 N–H and O–H groups in total. The summed E-state index contributed by atoms with van der Waals surface area (Å²) in [5.74, 6) is -0.239. The van der Waals surface area contributed by atoms with Crippen molar-refractivity contribution in [3.63, 3.8) is 0 Å². The molecule has 19 heavy (non-hydrogen) atoms. The number of carboxylic acid groups (broad SMARTS) is 1. The van der Waals surface area contributed by atoms with Gasteiger partial charge in [0.25, 0.3) is 0 Å². The Morgan fingerprint density at radius 1 is 1.58 bits per heavy atom. The van der Waals surface area contributed by atoms with E-state index < -0.39 is 16.0 Å². The van der Waals surface area contributed by atoms with Crippen LogP contribution in [-0.4, -0.2) is 37.5 Å². The summed E-state index contributed by atoms with van der Waals surface area (Å²) in [6.45, 7) is 3.41. The second-order valence-corrected chi connectivity index (χ2v) is 8.06. The largest absolute Gasteiger partial charge is 0.477 e. The van der Waals surface area contributed by atoms with Crippen LogP contribution in [0.25, 0.3) is 0 Å². The molecule has 0 amide bonds. The number of rotatable bonds is 7. The van der Waals surface area contributed by atoms with Crippen LogP contribution in [0.2, 0.25) is 0 Å². The van der Waals surface area contributed by atoms with Crippen molar-refractivity contribution < 1.29 is 18.3 Å². The topological polar surface area (TPSA) is 83.5 Å². The molecule has 0 saturated heterocycles. The fourth-order valence-electron chi connectivity index (χ4n) is 1.52. The number of carbonyl (C=O) groups is 1. The molecular formula is C11H17NO4S3. The van der Waals surface area contributed by atoms with Crippen LogP contribution in [0.3, 0.4) is 0 Å². The summed E-state index contributed by atoms with van der Waals surface area (Å²) in [6.07, 6.45) is 2.69. The molecule has 0 bridgehead atoms. The normalized spacial score (nSPS) is 13.4. The lowest BCUT2D eigenvalue weighted by Gasteiger charge is -2.13. The number of sulfonamides is 1. The second-order valence-electron chi connectivity index (χ2n) is 4.14. The molecule has 0 aliphatic rings. The van der Waals surface area contributed by atoms with Gasteiger partial charge in [0.15, 0.2) is 0 Å². The maximum atomic E-state index is 12.2. The van der Waals surface area contributed by atoms with Crippen molar-refractivity contribution in [3.05, 3.63) is 15.8 Å². The Morgan fingerprint density at radius 3 is 2.68 bits per heavy atom. The van der Waals surface area contributed by atoms with Gasteiger partial charge < -0.3 is 5.11 Å². The van der Waals surface area contributed by atoms with E-state index in [1.807, 2.05) is 6.26 Å². The Labute approximate surface area is 121 Å². The van der Waals surface area contributed by atoms with Gasteiger partial charge >= 0.3 is 5.97 Å². The Bertz CT molecular complexity index is 550. The van der Waals surface area contributed by atoms with Crippen molar-refractivity contribution in [2.45, 2.75) is 31.2 Å². The van der Waals surface area contributed by atoms with Gasteiger partial charge in [-0.1, -0.05) is 0 Å². The maximum absolute atomic E-state index is 12.2. The quantitative estimate of drug-likeness (QED) is 0.803. The van der Waals surface area contributed by atoms with E-state index in [9.17, 15) is 13.2 Å². The molecule has 0 aliphatic heterocycles. The summed E-state index contributed by atoms with van der Waals surface area (Å²) < 4.78 is 26.9. The monoisotopic (exact) mass is 323 g/mol. The molecule has 1 aromatic heterocycles. The zero-order valence-electron chi connectivity index (χ0n) is 11.0. The van der Waals surface area contributed by atoms with Crippen LogP contribution in [0.1, 0.15) is 27.9 Å². The van der Waals surface area contributed by atoms with Crippen LogP contribution in [0.4, 0.5) is 0 Å². The molecule has 0 spiro atoms. The lowest BCUT2D eigenvalue weighted by atomic mass is 10.3. The summed E-state index contributed by atoms with van der Waals surface area (Å²) in [5.41, 5.74) is 0. The van der Waals surface area contributed by atoms with Crippen molar-refractivity contribution >= 4 is 39.1 Å². The highest BCUT2D eigenvalue weighted by atomic mass is 32.2. The Morgan fingerprint density at radius 2 is 2.21 bits per heavy atom. The zero-order valence-corrected chi connectivity index (χ0v) is 13.4. The molecule has 108 valence electrons. The van der Waals surface area contributed by atoms with E-state index in [2.05, 4.69) is 4.72 Å². The van der Waals surface area contributed by atoms with Gasteiger partial charge in [-0.2, -0.15) is 11.8 Å². The van der Waals surface area contributed by atoms with Crippen LogP contribution < -0.4 is 4.72 Å². The van der Waals surface area contributed by atoms with E-state index in [1.165, 1.54) is 6.07 Å². The first-order valence-corrected chi connectivity index (χ1v) is 9.32. The van der Waals surface area contributed by atoms with Gasteiger partial charge in [-0.15, -0.1) is 11.3 Å². The molecular weight excluding hydrogens is 306 g/mol. The molecule has 1 aromatic rings. The summed E-state index contributed by atoms with van der Waals surface area (Å²) in [6, 6.07) is 1.04. The molecule has 0 aromatic carbocycles. The minimum absolute atomic E-state index is 0.0367. The number of hydrogen-bond donors (Lipinski definition) is 2. The molecule has 5 nitrogen and oxygen atoms in total. The maximum Gasteiger partial charge on any atom is 0.345 e. The Hall–Kier alpha value is -0.570. The number of aryl methyl sites for hydroxylation is 1. The molecule has 0 saturated carbocycles. The SMILES string of the molecule is CSCCC(C)NS(=O)(=O)c1cc(C(=O)O)sc1C. The first kappa shape index (κ1) is 16.5. The average molecular weight is 323 g/mol. The lowest BCUT2D eigenvalue weighted by Crippen LogP contribution is -2.33. The molecule has 1 unspecified atom stereocenters. The van der Waals surface area contributed by atoms with E-state index in [0.717, 1.165) is 23.5 Å². The number of carboxylic acids is 1.